The van der Waals surface area contributed by atoms with Crippen LogP contribution in [-0.4, -0.2) is 43.3 Å². The Balaban J connectivity index is 2.64. The zero-order valence-corrected chi connectivity index (χ0v) is 11.5. The molecular formula is C11H14N2O6S. The minimum absolute atomic E-state index is 0.00582. The molecule has 0 fully saturated rings. The Bertz CT molecular complexity index is 599. The molecule has 0 saturated heterocycles. The second-order valence-electron chi connectivity index (χ2n) is 3.84. The fourth-order valence-electron chi connectivity index (χ4n) is 1.35. The first kappa shape index (κ1) is 15.9. The quantitative estimate of drug-likeness (QED) is 0.702. The maximum atomic E-state index is 11.7. The van der Waals surface area contributed by atoms with Gasteiger partial charge in [0.25, 0.3) is 0 Å². The number of carboxylic acids is 1. The van der Waals surface area contributed by atoms with Crippen LogP contribution in [0.15, 0.2) is 18.3 Å². The van der Waals surface area contributed by atoms with Crippen molar-refractivity contribution in [2.45, 2.75) is 12.8 Å². The number of nitrogens with one attached hydrogen (secondary N) is 1. The number of ether oxygens (including phenoxy) is 1. The molecule has 9 heteroatoms. The van der Waals surface area contributed by atoms with E-state index in [0.717, 1.165) is 6.07 Å². The van der Waals surface area contributed by atoms with Gasteiger partial charge in [-0.25, -0.2) is 18.2 Å². The number of carbonyl (C=O) groups excluding carboxylic acids is 1. The summed E-state index contributed by atoms with van der Waals surface area (Å²) in [4.78, 5) is 25.1. The molecule has 1 heterocycles. The number of sulfonamides is 1. The van der Waals surface area contributed by atoms with E-state index in [0.29, 0.717) is 0 Å². The molecule has 8 nitrogen and oxygen atoms in total. The van der Waals surface area contributed by atoms with Crippen LogP contribution in [0, 0.1) is 0 Å². The monoisotopic (exact) mass is 302 g/mol. The summed E-state index contributed by atoms with van der Waals surface area (Å²) in [5.41, 5.74) is -0.157. The van der Waals surface area contributed by atoms with E-state index in [1.54, 1.807) is 0 Å². The van der Waals surface area contributed by atoms with Crippen LogP contribution in [0.5, 0.6) is 0 Å². The molecule has 0 amide bonds. The van der Waals surface area contributed by atoms with Crippen molar-refractivity contribution in [1.82, 2.24) is 4.98 Å². The van der Waals surface area contributed by atoms with E-state index in [9.17, 15) is 18.0 Å². The predicted octanol–water partition coefficient (Wildman–Crippen LogP) is 0.475. The lowest BCUT2D eigenvalue weighted by molar-refractivity contribution is -0.140. The third-order valence-electron chi connectivity index (χ3n) is 2.27. The van der Waals surface area contributed by atoms with Crippen LogP contribution in [0.2, 0.25) is 0 Å². The predicted molar refractivity (Wildman–Crippen MR) is 69.9 cm³/mol. The minimum Gasteiger partial charge on any atom is -0.477 e. The second kappa shape index (κ2) is 6.85. The van der Waals surface area contributed by atoms with Crippen LogP contribution in [0.25, 0.3) is 0 Å². The number of hydrogen-bond donors (Lipinski definition) is 2. The molecule has 0 aliphatic rings. The van der Waals surface area contributed by atoms with Crippen molar-refractivity contribution < 1.29 is 27.9 Å². The van der Waals surface area contributed by atoms with E-state index in [1.807, 2.05) is 0 Å². The summed E-state index contributed by atoms with van der Waals surface area (Å²) in [5.74, 6) is -2.01. The molecule has 20 heavy (non-hydrogen) atoms. The average Bonchev–Trinajstić information content (AvgIpc) is 2.37. The number of anilines is 1. The van der Waals surface area contributed by atoms with Gasteiger partial charge < -0.3 is 9.84 Å². The molecule has 110 valence electrons. The number of aromatic nitrogens is 1. The molecule has 1 rings (SSSR count). The van der Waals surface area contributed by atoms with Crippen molar-refractivity contribution in [3.05, 3.63) is 24.0 Å². The van der Waals surface area contributed by atoms with E-state index >= 15 is 0 Å². The Hall–Kier alpha value is -2.16. The van der Waals surface area contributed by atoms with Crippen molar-refractivity contribution in [3.8, 4) is 0 Å². The Morgan fingerprint density at radius 3 is 2.75 bits per heavy atom. The summed E-state index contributed by atoms with van der Waals surface area (Å²) < 4.78 is 30.1. The second-order valence-corrected chi connectivity index (χ2v) is 5.68. The Kier molecular flexibility index (Phi) is 5.44. The van der Waals surface area contributed by atoms with Gasteiger partial charge in [0.15, 0.2) is 0 Å². The standard InChI is InChI=1S/C11H14N2O6S/c1-19-10(14)3-2-6-20(17,18)13-8-4-5-12-9(7-8)11(15)16/h4-5,7H,2-3,6H2,1H3,(H,12,13)(H,15,16). The smallest absolute Gasteiger partial charge is 0.354 e. The Labute approximate surface area is 115 Å². The fraction of sp³-hybridized carbons (Fsp3) is 0.364. The Morgan fingerprint density at radius 2 is 2.15 bits per heavy atom. The summed E-state index contributed by atoms with van der Waals surface area (Å²) in [5, 5.41) is 8.75. The summed E-state index contributed by atoms with van der Waals surface area (Å²) in [6.07, 6.45) is 1.29. The third kappa shape index (κ3) is 5.22. The number of rotatable bonds is 7. The molecule has 0 unspecified atom stereocenters. The molecule has 0 aliphatic heterocycles. The highest BCUT2D eigenvalue weighted by Gasteiger charge is 2.13. The first-order valence-corrected chi connectivity index (χ1v) is 7.26. The topological polar surface area (TPSA) is 123 Å². The molecule has 1 aromatic heterocycles. The number of pyridine rings is 1. The molecule has 0 saturated carbocycles. The van der Waals surface area contributed by atoms with Crippen molar-refractivity contribution in [2.24, 2.45) is 0 Å². The maximum Gasteiger partial charge on any atom is 0.354 e. The molecule has 2 N–H and O–H groups in total. The lowest BCUT2D eigenvalue weighted by atomic mass is 10.3. The number of aromatic carboxylic acids is 1. The molecule has 0 spiro atoms. The largest absolute Gasteiger partial charge is 0.477 e. The average molecular weight is 302 g/mol. The lowest BCUT2D eigenvalue weighted by Crippen LogP contribution is -2.18. The van der Waals surface area contributed by atoms with Crippen LogP contribution in [0.1, 0.15) is 23.3 Å². The van der Waals surface area contributed by atoms with E-state index in [2.05, 4.69) is 14.4 Å². The minimum atomic E-state index is -3.66. The first-order valence-electron chi connectivity index (χ1n) is 5.61. The molecule has 1 aromatic rings. The van der Waals surface area contributed by atoms with Gasteiger partial charge in [0.2, 0.25) is 10.0 Å². The van der Waals surface area contributed by atoms with Gasteiger partial charge >= 0.3 is 11.9 Å². The van der Waals surface area contributed by atoms with E-state index in [-0.39, 0.29) is 30.0 Å². The fourth-order valence-corrected chi connectivity index (χ4v) is 2.46. The maximum absolute atomic E-state index is 11.7. The van der Waals surface area contributed by atoms with Gasteiger partial charge in [-0.2, -0.15) is 0 Å². The third-order valence-corrected chi connectivity index (χ3v) is 3.65. The number of hydrogen-bond acceptors (Lipinski definition) is 6. The number of carboxylic acid groups (broad SMARTS) is 1. The van der Waals surface area contributed by atoms with Crippen molar-refractivity contribution in [1.29, 1.82) is 0 Å². The molecule has 0 atom stereocenters. The van der Waals surface area contributed by atoms with Crippen LogP contribution < -0.4 is 4.72 Å². The summed E-state index contributed by atoms with van der Waals surface area (Å²) in [6.45, 7) is 0. The molecular weight excluding hydrogens is 288 g/mol. The van der Waals surface area contributed by atoms with Gasteiger partial charge in [-0.3, -0.25) is 9.52 Å². The summed E-state index contributed by atoms with van der Waals surface area (Å²) in [7, 11) is -2.44. The van der Waals surface area contributed by atoms with Gasteiger partial charge in [-0.05, 0) is 18.6 Å². The lowest BCUT2D eigenvalue weighted by Gasteiger charge is -2.07. The number of nitrogens with zero attached hydrogens (tertiary/aromatic N) is 1. The Morgan fingerprint density at radius 1 is 1.45 bits per heavy atom. The zero-order valence-electron chi connectivity index (χ0n) is 10.7. The van der Waals surface area contributed by atoms with Crippen LogP contribution in [0.3, 0.4) is 0 Å². The molecule has 0 aromatic carbocycles. The van der Waals surface area contributed by atoms with Crippen LogP contribution in [-0.2, 0) is 19.6 Å². The van der Waals surface area contributed by atoms with Gasteiger partial charge in [0, 0.05) is 12.6 Å². The van der Waals surface area contributed by atoms with E-state index in [4.69, 9.17) is 5.11 Å². The van der Waals surface area contributed by atoms with Crippen LogP contribution in [0.4, 0.5) is 5.69 Å². The van der Waals surface area contributed by atoms with Gasteiger partial charge in [0.1, 0.15) is 5.69 Å². The van der Waals surface area contributed by atoms with E-state index in [1.165, 1.54) is 19.4 Å². The normalized spacial score (nSPS) is 10.8. The van der Waals surface area contributed by atoms with Crippen LogP contribution >= 0.6 is 0 Å². The van der Waals surface area contributed by atoms with Crippen molar-refractivity contribution in [2.75, 3.05) is 17.6 Å². The number of esters is 1. The summed E-state index contributed by atoms with van der Waals surface area (Å²) in [6, 6.07) is 2.45. The first-order chi connectivity index (χ1) is 9.34. The highest BCUT2D eigenvalue weighted by Crippen LogP contribution is 2.11. The highest BCUT2D eigenvalue weighted by molar-refractivity contribution is 7.92. The number of carbonyl (C=O) groups is 2. The van der Waals surface area contributed by atoms with Crippen molar-refractivity contribution in [3.63, 3.8) is 0 Å². The SMILES string of the molecule is COC(=O)CCCS(=O)(=O)Nc1ccnc(C(=O)O)c1. The van der Waals surface area contributed by atoms with Gasteiger partial charge in [-0.1, -0.05) is 0 Å². The van der Waals surface area contributed by atoms with E-state index < -0.39 is 22.0 Å². The molecule has 0 aliphatic carbocycles. The van der Waals surface area contributed by atoms with Gasteiger partial charge in [0.05, 0.1) is 18.6 Å². The molecule has 0 radical (unpaired) electrons. The number of methoxy groups -OCH3 is 1. The van der Waals surface area contributed by atoms with Crippen molar-refractivity contribution >= 4 is 27.6 Å². The van der Waals surface area contributed by atoms with Gasteiger partial charge in [-0.15, -0.1) is 0 Å². The molecule has 0 bridgehead atoms. The highest BCUT2D eigenvalue weighted by atomic mass is 32.2. The summed E-state index contributed by atoms with van der Waals surface area (Å²) >= 11 is 0. The zero-order chi connectivity index (χ0) is 15.2.